The van der Waals surface area contributed by atoms with Gasteiger partial charge in [-0.25, -0.2) is 4.79 Å². The first-order valence-corrected chi connectivity index (χ1v) is 13.1. The fraction of sp³-hybridized carbons (Fsp3) is 0.565. The Morgan fingerprint density at radius 3 is 2.06 bits per heavy atom. The number of carboxylic acids is 1. The molecule has 0 aromatic heterocycles. The summed E-state index contributed by atoms with van der Waals surface area (Å²) < 4.78 is 0. The third-order valence-electron chi connectivity index (χ3n) is 5.02. The molecule has 1 rings (SSSR count). The highest BCUT2D eigenvalue weighted by molar-refractivity contribution is 7.98. The molecule has 1 aromatic rings. The van der Waals surface area contributed by atoms with Crippen LogP contribution in [0.3, 0.4) is 0 Å². The van der Waals surface area contributed by atoms with Crippen LogP contribution in [0.5, 0.6) is 0 Å². The summed E-state index contributed by atoms with van der Waals surface area (Å²) in [5.41, 5.74) is 6.66. The topological polar surface area (TPSA) is 151 Å². The summed E-state index contributed by atoms with van der Waals surface area (Å²) in [6.07, 6.45) is 2.83. The van der Waals surface area contributed by atoms with Gasteiger partial charge in [0.05, 0.1) is 6.04 Å². The summed E-state index contributed by atoms with van der Waals surface area (Å²) in [6.45, 7) is 3.81. The number of aliphatic carboxylic acids is 1. The van der Waals surface area contributed by atoms with Crippen molar-refractivity contribution in [1.82, 2.24) is 16.0 Å². The van der Waals surface area contributed by atoms with Crippen LogP contribution in [0.15, 0.2) is 30.3 Å². The molecule has 0 spiro atoms. The number of amides is 3. The molecule has 0 radical (unpaired) electrons. The van der Waals surface area contributed by atoms with Crippen molar-refractivity contribution < 1.29 is 24.3 Å². The van der Waals surface area contributed by atoms with Crippen LogP contribution < -0.4 is 21.7 Å². The van der Waals surface area contributed by atoms with Crippen LogP contribution >= 0.6 is 24.4 Å². The Balaban J connectivity index is 2.84. The van der Waals surface area contributed by atoms with Crippen molar-refractivity contribution in [2.24, 2.45) is 11.7 Å². The van der Waals surface area contributed by atoms with Gasteiger partial charge in [-0.2, -0.15) is 24.4 Å². The normalized spacial score (nSPS) is 14.5. The summed E-state index contributed by atoms with van der Waals surface area (Å²) in [7, 11) is 0. The van der Waals surface area contributed by atoms with E-state index in [1.165, 1.54) is 0 Å². The van der Waals surface area contributed by atoms with Crippen LogP contribution in [-0.4, -0.2) is 70.7 Å². The van der Waals surface area contributed by atoms with E-state index in [1.54, 1.807) is 36.0 Å². The first-order valence-electron chi connectivity index (χ1n) is 11.1. The molecule has 9 nitrogen and oxygen atoms in total. The zero-order valence-electron chi connectivity index (χ0n) is 19.8. The number of carbonyl (C=O) groups excluding carboxylic acids is 3. The van der Waals surface area contributed by atoms with Crippen LogP contribution in [0.2, 0.25) is 0 Å². The second-order valence-corrected chi connectivity index (χ2v) is 9.76. The van der Waals surface area contributed by atoms with Crippen molar-refractivity contribution >= 4 is 48.1 Å². The quantitative estimate of drug-likeness (QED) is 0.190. The van der Waals surface area contributed by atoms with Gasteiger partial charge in [0.15, 0.2) is 0 Å². The Kier molecular flexibility index (Phi) is 13.7. The summed E-state index contributed by atoms with van der Waals surface area (Å²) >= 11 is 5.72. The lowest BCUT2D eigenvalue weighted by Gasteiger charge is -2.25. The Hall–Kier alpha value is -2.24. The second kappa shape index (κ2) is 15.6. The maximum absolute atomic E-state index is 12.9. The number of carbonyl (C=O) groups is 4. The molecule has 0 saturated carbocycles. The Bertz CT molecular complexity index is 810. The minimum atomic E-state index is -1.19. The smallest absolute Gasteiger partial charge is 0.326 e. The number of benzene rings is 1. The minimum Gasteiger partial charge on any atom is -0.480 e. The molecule has 3 amide bonds. The number of thioether (sulfide) groups is 1. The first kappa shape index (κ1) is 29.8. The van der Waals surface area contributed by atoms with E-state index in [-0.39, 0.29) is 18.1 Å². The molecule has 34 heavy (non-hydrogen) atoms. The number of nitrogens with two attached hydrogens (primary N) is 1. The predicted octanol–water partition coefficient (Wildman–Crippen LogP) is 0.824. The van der Waals surface area contributed by atoms with Gasteiger partial charge in [0.25, 0.3) is 0 Å². The zero-order chi connectivity index (χ0) is 25.7. The molecular formula is C23H36N4O5S2. The maximum atomic E-state index is 12.9. The summed E-state index contributed by atoms with van der Waals surface area (Å²) in [4.78, 5) is 49.8. The SMILES string of the molecule is CSCCC(N)C(=O)NC(CC(C)C)C(=O)NC(CS)C(=O)NC(Cc1ccccc1)C(=O)O. The number of hydrogen-bond acceptors (Lipinski definition) is 7. The van der Waals surface area contributed by atoms with Crippen LogP contribution in [-0.2, 0) is 25.6 Å². The Morgan fingerprint density at radius 2 is 1.53 bits per heavy atom. The highest BCUT2D eigenvalue weighted by Gasteiger charge is 2.30. The van der Waals surface area contributed by atoms with Crippen LogP contribution in [0.25, 0.3) is 0 Å². The lowest BCUT2D eigenvalue weighted by atomic mass is 10.0. The van der Waals surface area contributed by atoms with Gasteiger partial charge in [0.2, 0.25) is 17.7 Å². The van der Waals surface area contributed by atoms with E-state index < -0.39 is 47.9 Å². The molecule has 0 aliphatic rings. The molecule has 11 heteroatoms. The van der Waals surface area contributed by atoms with Crippen LogP contribution in [0.1, 0.15) is 32.3 Å². The van der Waals surface area contributed by atoms with Gasteiger partial charge < -0.3 is 26.8 Å². The van der Waals surface area contributed by atoms with Gasteiger partial charge in [-0.1, -0.05) is 44.2 Å². The molecule has 0 heterocycles. The molecular weight excluding hydrogens is 476 g/mol. The predicted molar refractivity (Wildman–Crippen MR) is 138 cm³/mol. The lowest BCUT2D eigenvalue weighted by molar-refractivity contribution is -0.142. The molecule has 0 bridgehead atoms. The number of carboxylic acid groups (broad SMARTS) is 1. The standard InChI is InChI=1S/C23H36N4O5S2/c1-14(2)11-17(25-20(28)16(24)9-10-34-3)21(29)27-19(13-33)22(30)26-18(23(31)32)12-15-7-5-4-6-8-15/h4-8,14,16-19,33H,9-13,24H2,1-3H3,(H,25,28)(H,26,30)(H,27,29)(H,31,32). The Labute approximate surface area is 210 Å². The largest absolute Gasteiger partial charge is 0.480 e. The molecule has 0 aliphatic carbocycles. The molecule has 0 saturated heterocycles. The first-order chi connectivity index (χ1) is 16.1. The third kappa shape index (κ3) is 10.8. The Morgan fingerprint density at radius 1 is 0.971 bits per heavy atom. The molecule has 190 valence electrons. The average Bonchev–Trinajstić information content (AvgIpc) is 2.79. The monoisotopic (exact) mass is 512 g/mol. The van der Waals surface area contributed by atoms with Crippen molar-refractivity contribution in [3.05, 3.63) is 35.9 Å². The van der Waals surface area contributed by atoms with E-state index in [9.17, 15) is 24.3 Å². The molecule has 1 aromatic carbocycles. The van der Waals surface area contributed by atoms with Gasteiger partial charge in [0.1, 0.15) is 18.1 Å². The lowest BCUT2D eigenvalue weighted by Crippen LogP contribution is -2.58. The number of thiol groups is 1. The summed E-state index contributed by atoms with van der Waals surface area (Å²) in [5, 5.41) is 17.3. The summed E-state index contributed by atoms with van der Waals surface area (Å²) in [6, 6.07) is 5.03. The van der Waals surface area contributed by atoms with E-state index >= 15 is 0 Å². The molecule has 4 atom stereocenters. The fourth-order valence-electron chi connectivity index (χ4n) is 3.15. The van der Waals surface area contributed by atoms with E-state index in [0.717, 1.165) is 5.56 Å². The molecule has 6 N–H and O–H groups in total. The van der Waals surface area contributed by atoms with Gasteiger partial charge in [-0.05, 0) is 36.3 Å². The molecule has 0 fully saturated rings. The van der Waals surface area contributed by atoms with Gasteiger partial charge in [0, 0.05) is 12.2 Å². The highest BCUT2D eigenvalue weighted by atomic mass is 32.2. The minimum absolute atomic E-state index is 0.0508. The third-order valence-corrected chi connectivity index (χ3v) is 6.03. The second-order valence-electron chi connectivity index (χ2n) is 8.41. The number of nitrogens with one attached hydrogen (secondary N) is 3. The summed E-state index contributed by atoms with van der Waals surface area (Å²) in [5.74, 6) is -2.10. The number of rotatable bonds is 15. The molecule has 0 aliphatic heterocycles. The van der Waals surface area contributed by atoms with Crippen molar-refractivity contribution in [2.45, 2.75) is 57.3 Å². The average molecular weight is 513 g/mol. The van der Waals surface area contributed by atoms with Crippen LogP contribution in [0.4, 0.5) is 0 Å². The molecule has 4 unspecified atom stereocenters. The fourth-order valence-corrected chi connectivity index (χ4v) is 3.89. The van der Waals surface area contributed by atoms with E-state index in [4.69, 9.17) is 5.73 Å². The zero-order valence-corrected chi connectivity index (χ0v) is 21.5. The van der Waals surface area contributed by atoms with E-state index in [2.05, 4.69) is 28.6 Å². The van der Waals surface area contributed by atoms with Crippen LogP contribution in [0, 0.1) is 5.92 Å². The highest BCUT2D eigenvalue weighted by Crippen LogP contribution is 2.08. The van der Waals surface area contributed by atoms with Crippen molar-refractivity contribution in [1.29, 1.82) is 0 Å². The van der Waals surface area contributed by atoms with Crippen molar-refractivity contribution in [2.75, 3.05) is 17.8 Å². The van der Waals surface area contributed by atoms with E-state index in [1.807, 2.05) is 26.2 Å². The van der Waals surface area contributed by atoms with Gasteiger partial charge in [-0.3, -0.25) is 14.4 Å². The van der Waals surface area contributed by atoms with Crippen molar-refractivity contribution in [3.8, 4) is 0 Å². The van der Waals surface area contributed by atoms with E-state index in [0.29, 0.717) is 18.6 Å². The van der Waals surface area contributed by atoms with Crippen molar-refractivity contribution in [3.63, 3.8) is 0 Å². The number of hydrogen-bond donors (Lipinski definition) is 6. The van der Waals surface area contributed by atoms with Gasteiger partial charge >= 0.3 is 5.97 Å². The maximum Gasteiger partial charge on any atom is 0.326 e. The van der Waals surface area contributed by atoms with Gasteiger partial charge in [-0.15, -0.1) is 0 Å².